The highest BCUT2D eigenvalue weighted by Crippen LogP contribution is 2.17. The molecule has 2 aromatic rings. The van der Waals surface area contributed by atoms with E-state index in [1.54, 1.807) is 4.90 Å². The number of nitrogens with one attached hydrogen (secondary N) is 1. The van der Waals surface area contributed by atoms with Crippen molar-refractivity contribution in [2.45, 2.75) is 39.3 Å². The van der Waals surface area contributed by atoms with Gasteiger partial charge in [0.1, 0.15) is 0 Å². The number of hydrogen-bond acceptors (Lipinski definition) is 3. The van der Waals surface area contributed by atoms with E-state index in [0.717, 1.165) is 30.4 Å². The first-order valence-electron chi connectivity index (χ1n) is 8.56. The lowest BCUT2D eigenvalue weighted by Gasteiger charge is -2.27. The van der Waals surface area contributed by atoms with E-state index >= 15 is 0 Å². The Kier molecular flexibility index (Phi) is 5.00. The Labute approximate surface area is 141 Å². The molecule has 1 fully saturated rings. The number of nitrogens with zero attached hydrogens (tertiary/aromatic N) is 1. The molecular weight excluding hydrogens is 304 g/mol. The molecule has 2 heterocycles. The van der Waals surface area contributed by atoms with Crippen LogP contribution in [0.3, 0.4) is 0 Å². The fourth-order valence-corrected chi connectivity index (χ4v) is 3.15. The maximum Gasteiger partial charge on any atom is 0.253 e. The summed E-state index contributed by atoms with van der Waals surface area (Å²) in [4.78, 5) is 29.6. The Balaban J connectivity index is 1.87. The van der Waals surface area contributed by atoms with E-state index < -0.39 is 0 Å². The zero-order valence-corrected chi connectivity index (χ0v) is 14.2. The van der Waals surface area contributed by atoms with Crippen molar-refractivity contribution in [1.82, 2.24) is 9.88 Å². The molecule has 1 N–H and O–H groups in total. The van der Waals surface area contributed by atoms with Crippen molar-refractivity contribution < 1.29 is 9.53 Å². The third-order valence-electron chi connectivity index (χ3n) is 4.45. The molecule has 1 atom stereocenters. The normalized spacial score (nSPS) is 17.5. The van der Waals surface area contributed by atoms with E-state index in [9.17, 15) is 9.59 Å². The largest absolute Gasteiger partial charge is 0.376 e. The molecule has 24 heavy (non-hydrogen) atoms. The predicted octanol–water partition coefficient (Wildman–Crippen LogP) is 2.69. The number of carbonyl (C=O) groups is 1. The predicted molar refractivity (Wildman–Crippen MR) is 93.8 cm³/mol. The summed E-state index contributed by atoms with van der Waals surface area (Å²) in [5.41, 5.74) is 1.29. The van der Waals surface area contributed by atoms with Crippen LogP contribution in [0.5, 0.6) is 0 Å². The Morgan fingerprint density at radius 2 is 2.17 bits per heavy atom. The van der Waals surface area contributed by atoms with E-state index in [1.165, 1.54) is 0 Å². The van der Waals surface area contributed by atoms with Crippen molar-refractivity contribution in [1.29, 1.82) is 0 Å². The van der Waals surface area contributed by atoms with Crippen LogP contribution in [-0.4, -0.2) is 35.0 Å². The van der Waals surface area contributed by atoms with Crippen LogP contribution in [0.2, 0.25) is 0 Å². The molecule has 0 aliphatic carbocycles. The Bertz CT molecular complexity index is 776. The number of amides is 1. The summed E-state index contributed by atoms with van der Waals surface area (Å²) in [5, 5.41) is 0.973. The molecule has 0 saturated carbocycles. The van der Waals surface area contributed by atoms with Crippen LogP contribution in [0.4, 0.5) is 0 Å². The molecule has 1 aliphatic heterocycles. The highest BCUT2D eigenvalue weighted by molar-refractivity contribution is 5.80. The van der Waals surface area contributed by atoms with Crippen LogP contribution in [0.25, 0.3) is 10.9 Å². The molecule has 1 aromatic heterocycles. The molecule has 0 spiro atoms. The first-order chi connectivity index (χ1) is 11.5. The molecule has 3 rings (SSSR count). The molecule has 0 radical (unpaired) electrons. The van der Waals surface area contributed by atoms with Crippen molar-refractivity contribution in [2.24, 2.45) is 5.92 Å². The Hall–Kier alpha value is -2.14. The third kappa shape index (κ3) is 3.67. The summed E-state index contributed by atoms with van der Waals surface area (Å²) < 4.78 is 5.67. The zero-order valence-electron chi connectivity index (χ0n) is 14.2. The van der Waals surface area contributed by atoms with Crippen LogP contribution in [0, 0.1) is 5.92 Å². The second kappa shape index (κ2) is 7.18. The average Bonchev–Trinajstić information content (AvgIpc) is 3.07. The second-order valence-corrected chi connectivity index (χ2v) is 6.72. The monoisotopic (exact) mass is 328 g/mol. The van der Waals surface area contributed by atoms with Gasteiger partial charge in [0.05, 0.1) is 12.6 Å². The number of rotatable bonds is 5. The van der Waals surface area contributed by atoms with E-state index in [4.69, 9.17) is 4.74 Å². The molecule has 1 aliphatic rings. The number of hydrogen-bond donors (Lipinski definition) is 1. The Morgan fingerprint density at radius 3 is 2.88 bits per heavy atom. The summed E-state index contributed by atoms with van der Waals surface area (Å²) >= 11 is 0. The quantitative estimate of drug-likeness (QED) is 0.918. The summed E-state index contributed by atoms with van der Waals surface area (Å²) in [6.45, 7) is 5.39. The lowest BCUT2D eigenvalue weighted by atomic mass is 10.1. The van der Waals surface area contributed by atoms with Gasteiger partial charge in [-0.05, 0) is 30.4 Å². The van der Waals surface area contributed by atoms with Gasteiger partial charge in [0.2, 0.25) is 5.91 Å². The maximum atomic E-state index is 12.6. The number of para-hydroxylation sites is 1. The first-order valence-corrected chi connectivity index (χ1v) is 8.56. The van der Waals surface area contributed by atoms with Gasteiger partial charge >= 0.3 is 0 Å². The van der Waals surface area contributed by atoms with E-state index in [0.29, 0.717) is 18.7 Å². The highest BCUT2D eigenvalue weighted by atomic mass is 16.5. The van der Waals surface area contributed by atoms with Crippen LogP contribution in [0.15, 0.2) is 35.1 Å². The van der Waals surface area contributed by atoms with Crippen molar-refractivity contribution in [3.05, 3.63) is 46.2 Å². The molecule has 1 saturated heterocycles. The van der Waals surface area contributed by atoms with Gasteiger partial charge < -0.3 is 14.6 Å². The van der Waals surface area contributed by atoms with Gasteiger partial charge in [0, 0.05) is 30.1 Å². The fourth-order valence-electron chi connectivity index (χ4n) is 3.15. The van der Waals surface area contributed by atoms with Crippen LogP contribution in [-0.2, 0) is 16.1 Å². The minimum absolute atomic E-state index is 0.0538. The maximum absolute atomic E-state index is 12.6. The number of carbonyl (C=O) groups excluding carboxylic acids is 1. The average molecular weight is 328 g/mol. The van der Waals surface area contributed by atoms with Gasteiger partial charge in [-0.1, -0.05) is 32.0 Å². The molecule has 128 valence electrons. The molecule has 0 bridgehead atoms. The minimum Gasteiger partial charge on any atom is -0.376 e. The summed E-state index contributed by atoms with van der Waals surface area (Å²) in [7, 11) is 0. The number of pyridine rings is 1. The topological polar surface area (TPSA) is 62.4 Å². The zero-order chi connectivity index (χ0) is 17.1. The molecule has 1 amide bonds. The number of aromatic nitrogens is 1. The van der Waals surface area contributed by atoms with Gasteiger partial charge in [-0.15, -0.1) is 0 Å². The number of aromatic amines is 1. The van der Waals surface area contributed by atoms with E-state index in [1.807, 2.05) is 44.2 Å². The lowest BCUT2D eigenvalue weighted by molar-refractivity contribution is -0.136. The van der Waals surface area contributed by atoms with Crippen molar-refractivity contribution >= 4 is 16.8 Å². The fraction of sp³-hybridized carbons (Fsp3) is 0.474. The molecule has 0 unspecified atom stereocenters. The molecule has 5 heteroatoms. The van der Waals surface area contributed by atoms with Crippen LogP contribution in [0.1, 0.15) is 32.3 Å². The number of H-pyrrole nitrogens is 1. The highest BCUT2D eigenvalue weighted by Gasteiger charge is 2.25. The molecule has 1 aromatic carbocycles. The first kappa shape index (κ1) is 16.7. The minimum atomic E-state index is -0.136. The van der Waals surface area contributed by atoms with E-state index in [2.05, 4.69) is 4.98 Å². The molecule has 5 nitrogen and oxygen atoms in total. The van der Waals surface area contributed by atoms with Gasteiger partial charge in [-0.3, -0.25) is 9.59 Å². The summed E-state index contributed by atoms with van der Waals surface area (Å²) in [6, 6.07) is 9.55. The molecular formula is C19H24N2O3. The third-order valence-corrected chi connectivity index (χ3v) is 4.45. The number of fused-ring (bicyclic) bond motifs is 1. The van der Waals surface area contributed by atoms with Crippen LogP contribution < -0.4 is 5.56 Å². The summed E-state index contributed by atoms with van der Waals surface area (Å²) in [5.74, 6) is -0.0519. The Morgan fingerprint density at radius 1 is 1.38 bits per heavy atom. The standard InChI is InChI=1S/C19H24N2O3/c1-13(2)19(23)21(12-16-7-5-9-24-16)11-15-10-14-6-3-4-8-17(14)20-18(15)22/h3-4,6,8,10,13,16H,5,7,9,11-12H2,1-2H3,(H,20,22)/t16-/m0/s1. The second-order valence-electron chi connectivity index (χ2n) is 6.72. The van der Waals surface area contributed by atoms with Crippen molar-refractivity contribution in [2.75, 3.05) is 13.2 Å². The van der Waals surface area contributed by atoms with Gasteiger partial charge in [0.15, 0.2) is 0 Å². The van der Waals surface area contributed by atoms with Crippen molar-refractivity contribution in [3.63, 3.8) is 0 Å². The lowest BCUT2D eigenvalue weighted by Crippen LogP contribution is -2.40. The smallest absolute Gasteiger partial charge is 0.253 e. The van der Waals surface area contributed by atoms with Gasteiger partial charge in [-0.25, -0.2) is 0 Å². The van der Waals surface area contributed by atoms with Gasteiger partial charge in [0.25, 0.3) is 5.56 Å². The van der Waals surface area contributed by atoms with E-state index in [-0.39, 0.29) is 23.5 Å². The number of benzene rings is 1. The van der Waals surface area contributed by atoms with Crippen LogP contribution >= 0.6 is 0 Å². The van der Waals surface area contributed by atoms with Gasteiger partial charge in [-0.2, -0.15) is 0 Å². The van der Waals surface area contributed by atoms with Crippen molar-refractivity contribution in [3.8, 4) is 0 Å². The number of ether oxygens (including phenoxy) is 1. The summed E-state index contributed by atoms with van der Waals surface area (Å²) in [6.07, 6.45) is 2.08. The SMILES string of the molecule is CC(C)C(=O)N(Cc1cc2ccccc2[nH]c1=O)C[C@@H]1CCCO1.